The van der Waals surface area contributed by atoms with Crippen molar-refractivity contribution in [1.29, 1.82) is 0 Å². The number of methoxy groups -OCH3 is 1. The lowest BCUT2D eigenvalue weighted by Gasteiger charge is -2.35. The highest BCUT2D eigenvalue weighted by atomic mass is 16.5. The van der Waals surface area contributed by atoms with Gasteiger partial charge in [-0.1, -0.05) is 18.6 Å². The van der Waals surface area contributed by atoms with Crippen LogP contribution in [0.15, 0.2) is 24.3 Å². The Balaban J connectivity index is 2.15. The molecule has 236 valence electrons. The van der Waals surface area contributed by atoms with E-state index in [2.05, 4.69) is 0 Å². The summed E-state index contributed by atoms with van der Waals surface area (Å²) in [4.78, 5) is 54.6. The van der Waals surface area contributed by atoms with Gasteiger partial charge in [-0.15, -0.1) is 0 Å². The molecular formula is C29H46N4O9. The van der Waals surface area contributed by atoms with Crippen molar-refractivity contribution in [2.75, 3.05) is 85.7 Å². The predicted molar refractivity (Wildman–Crippen MR) is 155 cm³/mol. The summed E-state index contributed by atoms with van der Waals surface area (Å²) in [5, 5.41) is 28.2. The standard InChI is InChI=1S/C29H46N4O9/c1-3-42-24-10-8-23(9-11-24)6-4-5-7-25(29(40)41-2)33-18-16-31(21-27(36)37)14-12-30(20-26(34)35)13-15-32(17-19-33)22-28(38)39/h8-11,25H,3-7,12-22H2,1-2H3,(H,34,35)(H,36,37)(H,38,39). The Morgan fingerprint density at radius 3 is 1.60 bits per heavy atom. The first-order valence-corrected chi connectivity index (χ1v) is 14.5. The fourth-order valence-electron chi connectivity index (χ4n) is 5.08. The summed E-state index contributed by atoms with van der Waals surface area (Å²) in [5.41, 5.74) is 1.17. The summed E-state index contributed by atoms with van der Waals surface area (Å²) in [6.07, 6.45) is 2.98. The molecule has 0 saturated carbocycles. The summed E-state index contributed by atoms with van der Waals surface area (Å²) in [6, 6.07) is 7.38. The topological polar surface area (TPSA) is 160 Å². The van der Waals surface area contributed by atoms with Crippen LogP contribution in [-0.4, -0.2) is 151 Å². The van der Waals surface area contributed by atoms with Gasteiger partial charge in [-0.25, -0.2) is 0 Å². The largest absolute Gasteiger partial charge is 0.494 e. The lowest BCUT2D eigenvalue weighted by molar-refractivity contribution is -0.148. The number of carboxylic acids is 3. The molecule has 2 rings (SSSR count). The van der Waals surface area contributed by atoms with Crippen LogP contribution in [0.1, 0.15) is 31.7 Å². The second-order valence-electron chi connectivity index (χ2n) is 10.4. The Morgan fingerprint density at radius 2 is 1.19 bits per heavy atom. The highest BCUT2D eigenvalue weighted by Gasteiger charge is 2.28. The minimum absolute atomic E-state index is 0.217. The van der Waals surface area contributed by atoms with Gasteiger partial charge < -0.3 is 24.8 Å². The Kier molecular flexibility index (Phi) is 15.8. The van der Waals surface area contributed by atoms with Crippen LogP contribution >= 0.6 is 0 Å². The molecule has 1 aromatic carbocycles. The molecule has 1 saturated heterocycles. The minimum Gasteiger partial charge on any atom is -0.494 e. The van der Waals surface area contributed by atoms with Gasteiger partial charge in [0.05, 0.1) is 33.4 Å². The molecule has 1 aromatic rings. The molecule has 42 heavy (non-hydrogen) atoms. The van der Waals surface area contributed by atoms with Gasteiger partial charge in [0, 0.05) is 52.4 Å². The molecule has 1 atom stereocenters. The Labute approximate surface area is 247 Å². The smallest absolute Gasteiger partial charge is 0.323 e. The van der Waals surface area contributed by atoms with Crippen LogP contribution in [-0.2, 0) is 30.3 Å². The molecule has 13 nitrogen and oxygen atoms in total. The number of benzene rings is 1. The lowest BCUT2D eigenvalue weighted by Crippen LogP contribution is -2.52. The highest BCUT2D eigenvalue weighted by molar-refractivity contribution is 5.75. The molecule has 3 N–H and O–H groups in total. The molecule has 0 radical (unpaired) electrons. The number of hydrogen-bond acceptors (Lipinski definition) is 10. The van der Waals surface area contributed by atoms with Crippen LogP contribution in [0, 0.1) is 0 Å². The molecule has 13 heteroatoms. The fourth-order valence-corrected chi connectivity index (χ4v) is 5.08. The van der Waals surface area contributed by atoms with Crippen molar-refractivity contribution in [3.05, 3.63) is 29.8 Å². The number of aryl methyl sites for hydroxylation is 1. The zero-order chi connectivity index (χ0) is 30.9. The maximum Gasteiger partial charge on any atom is 0.323 e. The van der Waals surface area contributed by atoms with Gasteiger partial charge in [0.2, 0.25) is 0 Å². The summed E-state index contributed by atoms with van der Waals surface area (Å²) in [7, 11) is 1.34. The first-order valence-electron chi connectivity index (χ1n) is 14.5. The van der Waals surface area contributed by atoms with Crippen molar-refractivity contribution >= 4 is 23.9 Å². The van der Waals surface area contributed by atoms with E-state index in [1.807, 2.05) is 36.1 Å². The molecule has 1 unspecified atom stereocenters. The average Bonchev–Trinajstić information content (AvgIpc) is 2.93. The van der Waals surface area contributed by atoms with E-state index in [1.54, 1.807) is 14.7 Å². The molecule has 0 amide bonds. The van der Waals surface area contributed by atoms with Crippen molar-refractivity contribution in [1.82, 2.24) is 19.6 Å². The Bertz CT molecular complexity index is 960. The van der Waals surface area contributed by atoms with E-state index in [1.165, 1.54) is 12.7 Å². The number of carbonyl (C=O) groups excluding carboxylic acids is 1. The average molecular weight is 595 g/mol. The maximum absolute atomic E-state index is 13.0. The number of aliphatic carboxylic acids is 3. The Hall–Kier alpha value is -3.26. The van der Waals surface area contributed by atoms with Crippen molar-refractivity contribution in [2.24, 2.45) is 0 Å². The predicted octanol–water partition coefficient (Wildman–Crippen LogP) is 0.815. The van der Waals surface area contributed by atoms with Gasteiger partial charge in [-0.3, -0.25) is 38.8 Å². The van der Waals surface area contributed by atoms with Crippen LogP contribution in [0.3, 0.4) is 0 Å². The fraction of sp³-hybridized carbons (Fsp3) is 0.655. The normalized spacial score (nSPS) is 17.5. The molecule has 0 bridgehead atoms. The molecule has 0 aliphatic carbocycles. The van der Waals surface area contributed by atoms with E-state index in [9.17, 15) is 34.5 Å². The van der Waals surface area contributed by atoms with Gasteiger partial charge in [0.1, 0.15) is 11.8 Å². The second kappa shape index (κ2) is 19.0. The maximum atomic E-state index is 13.0. The van der Waals surface area contributed by atoms with E-state index in [0.717, 1.165) is 25.0 Å². The summed E-state index contributed by atoms with van der Waals surface area (Å²) in [5.74, 6) is -2.56. The first kappa shape index (κ1) is 34.9. The number of rotatable bonds is 15. The van der Waals surface area contributed by atoms with Gasteiger partial charge in [-0.2, -0.15) is 0 Å². The van der Waals surface area contributed by atoms with Crippen LogP contribution in [0.4, 0.5) is 0 Å². The number of nitrogens with zero attached hydrogens (tertiary/aromatic N) is 4. The van der Waals surface area contributed by atoms with Gasteiger partial charge in [0.25, 0.3) is 0 Å². The Morgan fingerprint density at radius 1 is 0.738 bits per heavy atom. The summed E-state index contributed by atoms with van der Waals surface area (Å²) < 4.78 is 10.6. The minimum atomic E-state index is -1.01. The molecule has 1 aliphatic heterocycles. The number of esters is 1. The van der Waals surface area contributed by atoms with Gasteiger partial charge >= 0.3 is 23.9 Å². The van der Waals surface area contributed by atoms with Crippen LogP contribution in [0.25, 0.3) is 0 Å². The third-order valence-electron chi connectivity index (χ3n) is 7.29. The van der Waals surface area contributed by atoms with Crippen molar-refractivity contribution < 1.29 is 44.0 Å². The lowest BCUT2D eigenvalue weighted by atomic mass is 10.0. The zero-order valence-corrected chi connectivity index (χ0v) is 24.8. The van der Waals surface area contributed by atoms with Crippen LogP contribution in [0.2, 0.25) is 0 Å². The van der Waals surface area contributed by atoms with Crippen LogP contribution < -0.4 is 4.74 Å². The van der Waals surface area contributed by atoms with Gasteiger partial charge in [0.15, 0.2) is 0 Å². The first-order chi connectivity index (χ1) is 20.1. The zero-order valence-electron chi connectivity index (χ0n) is 24.8. The number of carboxylic acid groups (broad SMARTS) is 3. The monoisotopic (exact) mass is 594 g/mol. The SMILES string of the molecule is CCOc1ccc(CCCCC(C(=O)OC)N2CCN(CC(=O)O)CCN(CC(=O)O)CCN(CC(=O)O)CC2)cc1. The summed E-state index contributed by atoms with van der Waals surface area (Å²) in [6.45, 7) is 4.55. The number of unbranched alkanes of at least 4 members (excludes halogenated alkanes) is 1. The van der Waals surface area contributed by atoms with Crippen molar-refractivity contribution in [2.45, 2.75) is 38.6 Å². The third-order valence-corrected chi connectivity index (χ3v) is 7.29. The quantitative estimate of drug-likeness (QED) is 0.194. The molecule has 1 heterocycles. The van der Waals surface area contributed by atoms with E-state index in [0.29, 0.717) is 65.4 Å². The summed E-state index contributed by atoms with van der Waals surface area (Å²) >= 11 is 0. The number of ether oxygens (including phenoxy) is 2. The van der Waals surface area contributed by atoms with Crippen molar-refractivity contribution in [3.63, 3.8) is 0 Å². The second-order valence-corrected chi connectivity index (χ2v) is 10.4. The molecular weight excluding hydrogens is 548 g/mol. The third kappa shape index (κ3) is 13.6. The molecule has 0 aromatic heterocycles. The molecule has 1 fully saturated rings. The van der Waals surface area contributed by atoms with E-state index in [-0.39, 0.29) is 25.6 Å². The van der Waals surface area contributed by atoms with E-state index >= 15 is 0 Å². The van der Waals surface area contributed by atoms with Crippen LogP contribution in [0.5, 0.6) is 5.75 Å². The van der Waals surface area contributed by atoms with Crippen molar-refractivity contribution in [3.8, 4) is 5.75 Å². The van der Waals surface area contributed by atoms with E-state index < -0.39 is 23.9 Å². The number of hydrogen-bond donors (Lipinski definition) is 3. The van der Waals surface area contributed by atoms with E-state index in [4.69, 9.17) is 9.47 Å². The van der Waals surface area contributed by atoms with Gasteiger partial charge in [-0.05, 0) is 43.9 Å². The molecule has 0 spiro atoms. The highest BCUT2D eigenvalue weighted by Crippen LogP contribution is 2.17. The molecule has 1 aliphatic rings. The number of carbonyl (C=O) groups is 4.